The molecule has 0 spiro atoms. The molecule has 20 heavy (non-hydrogen) atoms. The second-order valence-electron chi connectivity index (χ2n) is 5.16. The van der Waals surface area contributed by atoms with E-state index in [0.29, 0.717) is 11.4 Å². The SMILES string of the molecule is Cc1cc(S(=O)(=O)Cc2ccn(C(C)C)n2)ccc1N. The van der Waals surface area contributed by atoms with Gasteiger partial charge in [-0.05, 0) is 50.6 Å². The molecular weight excluding hydrogens is 274 g/mol. The number of anilines is 1. The number of sulfone groups is 1. The quantitative estimate of drug-likeness (QED) is 0.878. The molecule has 5 nitrogen and oxygen atoms in total. The summed E-state index contributed by atoms with van der Waals surface area (Å²) in [6, 6.07) is 6.71. The number of aryl methyl sites for hydroxylation is 1. The number of rotatable bonds is 4. The zero-order valence-electron chi connectivity index (χ0n) is 11.9. The number of nitrogen functional groups attached to an aromatic ring is 1. The molecule has 1 heterocycles. The van der Waals surface area contributed by atoms with Gasteiger partial charge in [0.15, 0.2) is 9.84 Å². The summed E-state index contributed by atoms with van der Waals surface area (Å²) in [6.45, 7) is 5.78. The van der Waals surface area contributed by atoms with Gasteiger partial charge in [0.05, 0.1) is 16.3 Å². The first-order valence-electron chi connectivity index (χ1n) is 6.42. The van der Waals surface area contributed by atoms with Crippen molar-refractivity contribution in [2.45, 2.75) is 37.5 Å². The molecule has 0 atom stereocenters. The Morgan fingerprint density at radius 3 is 2.55 bits per heavy atom. The molecule has 0 saturated carbocycles. The summed E-state index contributed by atoms with van der Waals surface area (Å²) in [6.07, 6.45) is 1.80. The lowest BCUT2D eigenvalue weighted by Crippen LogP contribution is -2.08. The van der Waals surface area contributed by atoms with Crippen molar-refractivity contribution in [1.29, 1.82) is 0 Å². The van der Waals surface area contributed by atoms with E-state index in [2.05, 4.69) is 5.10 Å². The summed E-state index contributed by atoms with van der Waals surface area (Å²) in [5, 5.41) is 4.27. The number of nitrogens with two attached hydrogens (primary N) is 1. The van der Waals surface area contributed by atoms with Crippen LogP contribution in [0.25, 0.3) is 0 Å². The lowest BCUT2D eigenvalue weighted by Gasteiger charge is -2.06. The molecule has 0 aliphatic rings. The van der Waals surface area contributed by atoms with E-state index in [1.807, 2.05) is 13.8 Å². The number of hydrogen-bond acceptors (Lipinski definition) is 4. The normalized spacial score (nSPS) is 12.0. The van der Waals surface area contributed by atoms with Gasteiger partial charge in [-0.25, -0.2) is 8.42 Å². The van der Waals surface area contributed by atoms with E-state index < -0.39 is 9.84 Å². The third kappa shape index (κ3) is 3.01. The Morgan fingerprint density at radius 2 is 2.00 bits per heavy atom. The summed E-state index contributed by atoms with van der Waals surface area (Å²) < 4.78 is 26.5. The van der Waals surface area contributed by atoms with E-state index in [0.717, 1.165) is 5.56 Å². The van der Waals surface area contributed by atoms with Gasteiger partial charge in [0, 0.05) is 17.9 Å². The van der Waals surface area contributed by atoms with E-state index in [9.17, 15) is 8.42 Å². The first kappa shape index (κ1) is 14.6. The minimum atomic E-state index is -3.40. The van der Waals surface area contributed by atoms with Crippen molar-refractivity contribution in [2.24, 2.45) is 0 Å². The Labute approximate surface area is 119 Å². The maximum absolute atomic E-state index is 12.4. The van der Waals surface area contributed by atoms with Gasteiger partial charge < -0.3 is 5.73 Å². The third-order valence-electron chi connectivity index (χ3n) is 3.13. The van der Waals surface area contributed by atoms with Crippen LogP contribution in [-0.4, -0.2) is 18.2 Å². The van der Waals surface area contributed by atoms with Gasteiger partial charge in [-0.15, -0.1) is 0 Å². The van der Waals surface area contributed by atoms with Gasteiger partial charge in [-0.1, -0.05) is 0 Å². The molecule has 2 aromatic rings. The van der Waals surface area contributed by atoms with Crippen LogP contribution >= 0.6 is 0 Å². The summed E-state index contributed by atoms with van der Waals surface area (Å²) >= 11 is 0. The van der Waals surface area contributed by atoms with Gasteiger partial charge in [0.25, 0.3) is 0 Å². The highest BCUT2D eigenvalue weighted by molar-refractivity contribution is 7.90. The third-order valence-corrected chi connectivity index (χ3v) is 4.78. The average molecular weight is 293 g/mol. The van der Waals surface area contributed by atoms with E-state index in [4.69, 9.17) is 5.73 Å². The molecule has 1 aromatic carbocycles. The van der Waals surface area contributed by atoms with Crippen LogP contribution in [0.4, 0.5) is 5.69 Å². The fraction of sp³-hybridized carbons (Fsp3) is 0.357. The van der Waals surface area contributed by atoms with Crippen LogP contribution in [0.15, 0.2) is 35.4 Å². The molecule has 2 N–H and O–H groups in total. The maximum Gasteiger partial charge on any atom is 0.184 e. The number of benzene rings is 1. The van der Waals surface area contributed by atoms with Crippen molar-refractivity contribution < 1.29 is 8.42 Å². The van der Waals surface area contributed by atoms with Crippen molar-refractivity contribution >= 4 is 15.5 Å². The summed E-state index contributed by atoms with van der Waals surface area (Å²) in [7, 11) is -3.40. The first-order valence-corrected chi connectivity index (χ1v) is 8.08. The van der Waals surface area contributed by atoms with Crippen LogP contribution in [0.3, 0.4) is 0 Å². The Morgan fingerprint density at radius 1 is 1.30 bits per heavy atom. The van der Waals surface area contributed by atoms with Crippen LogP contribution in [0.1, 0.15) is 31.1 Å². The molecule has 1 aromatic heterocycles. The van der Waals surface area contributed by atoms with E-state index >= 15 is 0 Å². The Kier molecular flexibility index (Phi) is 3.85. The van der Waals surface area contributed by atoms with Gasteiger partial charge in [0.2, 0.25) is 0 Å². The molecule has 0 saturated heterocycles. The van der Waals surface area contributed by atoms with Crippen molar-refractivity contribution in [3.05, 3.63) is 41.7 Å². The topological polar surface area (TPSA) is 78.0 Å². The molecule has 0 amide bonds. The summed E-state index contributed by atoms with van der Waals surface area (Å²) in [5.41, 5.74) is 7.61. The minimum absolute atomic E-state index is 0.101. The van der Waals surface area contributed by atoms with E-state index in [1.54, 1.807) is 36.0 Å². The van der Waals surface area contributed by atoms with Crippen LogP contribution in [0, 0.1) is 6.92 Å². The highest BCUT2D eigenvalue weighted by atomic mass is 32.2. The molecule has 0 aliphatic carbocycles. The molecule has 108 valence electrons. The monoisotopic (exact) mass is 293 g/mol. The average Bonchev–Trinajstić information content (AvgIpc) is 2.80. The van der Waals surface area contributed by atoms with E-state index in [1.165, 1.54) is 6.07 Å². The molecule has 0 aliphatic heterocycles. The fourth-order valence-electron chi connectivity index (χ4n) is 1.86. The van der Waals surface area contributed by atoms with Crippen LogP contribution in [-0.2, 0) is 15.6 Å². The zero-order chi connectivity index (χ0) is 14.9. The standard InChI is InChI=1S/C14H19N3O2S/c1-10(2)17-7-6-12(16-17)9-20(18,19)13-4-5-14(15)11(3)8-13/h4-8,10H,9,15H2,1-3H3. The number of hydrogen-bond donors (Lipinski definition) is 1. The molecular formula is C14H19N3O2S. The van der Waals surface area contributed by atoms with Crippen molar-refractivity contribution in [2.75, 3.05) is 5.73 Å². The zero-order valence-corrected chi connectivity index (χ0v) is 12.7. The number of nitrogens with zero attached hydrogens (tertiary/aromatic N) is 2. The van der Waals surface area contributed by atoms with Gasteiger partial charge in [-0.2, -0.15) is 5.10 Å². The molecule has 0 radical (unpaired) electrons. The van der Waals surface area contributed by atoms with Crippen LogP contribution in [0.2, 0.25) is 0 Å². The maximum atomic E-state index is 12.4. The smallest absolute Gasteiger partial charge is 0.184 e. The van der Waals surface area contributed by atoms with E-state index in [-0.39, 0.29) is 16.7 Å². The lowest BCUT2D eigenvalue weighted by molar-refractivity contribution is 0.527. The highest BCUT2D eigenvalue weighted by Gasteiger charge is 2.18. The Balaban J connectivity index is 2.28. The summed E-state index contributed by atoms with van der Waals surface area (Å²) in [4.78, 5) is 0.281. The lowest BCUT2D eigenvalue weighted by atomic mass is 10.2. The first-order chi connectivity index (χ1) is 9.29. The Hall–Kier alpha value is -1.82. The predicted octanol–water partition coefficient (Wildman–Crippen LogP) is 2.33. The predicted molar refractivity (Wildman–Crippen MR) is 79.1 cm³/mol. The molecule has 0 bridgehead atoms. The van der Waals surface area contributed by atoms with Crippen LogP contribution < -0.4 is 5.73 Å². The van der Waals surface area contributed by atoms with Gasteiger partial charge in [-0.3, -0.25) is 4.68 Å². The summed E-state index contributed by atoms with van der Waals surface area (Å²) in [5.74, 6) is -0.101. The largest absolute Gasteiger partial charge is 0.399 e. The minimum Gasteiger partial charge on any atom is -0.399 e. The van der Waals surface area contributed by atoms with Crippen molar-refractivity contribution in [1.82, 2.24) is 9.78 Å². The van der Waals surface area contributed by atoms with Gasteiger partial charge >= 0.3 is 0 Å². The highest BCUT2D eigenvalue weighted by Crippen LogP contribution is 2.20. The van der Waals surface area contributed by atoms with Crippen LogP contribution in [0.5, 0.6) is 0 Å². The molecule has 2 rings (SSSR count). The van der Waals surface area contributed by atoms with Gasteiger partial charge in [0.1, 0.15) is 0 Å². The Bertz CT molecular complexity index is 718. The second kappa shape index (κ2) is 5.28. The molecule has 6 heteroatoms. The van der Waals surface area contributed by atoms with Crippen molar-refractivity contribution in [3.63, 3.8) is 0 Å². The molecule has 0 fully saturated rings. The number of aromatic nitrogens is 2. The second-order valence-corrected chi connectivity index (χ2v) is 7.15. The fourth-order valence-corrected chi connectivity index (χ4v) is 3.20. The van der Waals surface area contributed by atoms with Crippen molar-refractivity contribution in [3.8, 4) is 0 Å². The molecule has 0 unspecified atom stereocenters.